The van der Waals surface area contributed by atoms with E-state index in [0.717, 1.165) is 37.7 Å². The van der Waals surface area contributed by atoms with Crippen LogP contribution in [0.1, 0.15) is 0 Å². The summed E-state index contributed by atoms with van der Waals surface area (Å²) >= 11 is 0. The normalized spacial score (nSPS) is 20.4. The summed E-state index contributed by atoms with van der Waals surface area (Å²) < 4.78 is 10.5. The molecule has 1 aromatic carbocycles. The Morgan fingerprint density at radius 2 is 2.25 bits per heavy atom. The molecule has 1 unspecified atom stereocenters. The van der Waals surface area contributed by atoms with Crippen LogP contribution in [0.3, 0.4) is 0 Å². The third-order valence-corrected chi connectivity index (χ3v) is 2.64. The van der Waals surface area contributed by atoms with Crippen LogP contribution in [0.15, 0.2) is 24.3 Å². The van der Waals surface area contributed by atoms with E-state index in [1.165, 1.54) is 0 Å². The molecular formula is C12H18N2O2. The highest BCUT2D eigenvalue weighted by Gasteiger charge is 2.11. The van der Waals surface area contributed by atoms with Gasteiger partial charge in [-0.05, 0) is 24.3 Å². The van der Waals surface area contributed by atoms with Crippen molar-refractivity contribution in [2.24, 2.45) is 0 Å². The van der Waals surface area contributed by atoms with E-state index in [0.29, 0.717) is 6.04 Å². The zero-order valence-electron chi connectivity index (χ0n) is 9.53. The standard InChI is InChI=1S/C12H18N2O2/c1-15-12-4-2-10(3-5-12)14-8-11-9-16-7-6-13-11/h2-5,11,13-14H,6-9H2,1H3. The summed E-state index contributed by atoms with van der Waals surface area (Å²) in [6.07, 6.45) is 0. The van der Waals surface area contributed by atoms with Gasteiger partial charge in [-0.25, -0.2) is 0 Å². The number of rotatable bonds is 4. The lowest BCUT2D eigenvalue weighted by Gasteiger charge is -2.24. The molecule has 0 amide bonds. The fourth-order valence-electron chi connectivity index (χ4n) is 1.70. The van der Waals surface area contributed by atoms with Crippen molar-refractivity contribution in [3.63, 3.8) is 0 Å². The quantitative estimate of drug-likeness (QED) is 0.800. The summed E-state index contributed by atoms with van der Waals surface area (Å²) in [6, 6.07) is 8.33. The van der Waals surface area contributed by atoms with Gasteiger partial charge < -0.3 is 20.1 Å². The fourth-order valence-corrected chi connectivity index (χ4v) is 1.70. The lowest BCUT2D eigenvalue weighted by Crippen LogP contribution is -2.45. The first-order chi connectivity index (χ1) is 7.88. The molecule has 88 valence electrons. The van der Waals surface area contributed by atoms with Crippen molar-refractivity contribution in [3.05, 3.63) is 24.3 Å². The van der Waals surface area contributed by atoms with Gasteiger partial charge in [-0.2, -0.15) is 0 Å². The molecule has 1 aliphatic rings. The highest BCUT2D eigenvalue weighted by atomic mass is 16.5. The summed E-state index contributed by atoms with van der Waals surface area (Å²) in [5.41, 5.74) is 1.10. The molecule has 4 nitrogen and oxygen atoms in total. The molecule has 0 spiro atoms. The predicted octanol–water partition coefficient (Wildman–Crippen LogP) is 1.10. The SMILES string of the molecule is COc1ccc(NCC2COCCN2)cc1. The van der Waals surface area contributed by atoms with E-state index in [1.54, 1.807) is 7.11 Å². The number of benzene rings is 1. The molecule has 1 aliphatic heterocycles. The Balaban J connectivity index is 1.79. The molecule has 2 rings (SSSR count). The van der Waals surface area contributed by atoms with E-state index in [9.17, 15) is 0 Å². The first kappa shape index (κ1) is 11.2. The van der Waals surface area contributed by atoms with Gasteiger partial charge in [0, 0.05) is 24.8 Å². The van der Waals surface area contributed by atoms with E-state index >= 15 is 0 Å². The van der Waals surface area contributed by atoms with E-state index in [2.05, 4.69) is 10.6 Å². The van der Waals surface area contributed by atoms with E-state index in [-0.39, 0.29) is 0 Å². The number of hydrogen-bond donors (Lipinski definition) is 2. The number of anilines is 1. The van der Waals surface area contributed by atoms with Gasteiger partial charge in [-0.1, -0.05) is 0 Å². The Morgan fingerprint density at radius 1 is 1.44 bits per heavy atom. The van der Waals surface area contributed by atoms with E-state index < -0.39 is 0 Å². The average Bonchev–Trinajstić information content (AvgIpc) is 2.38. The molecule has 0 aliphatic carbocycles. The number of hydrogen-bond acceptors (Lipinski definition) is 4. The minimum Gasteiger partial charge on any atom is -0.497 e. The van der Waals surface area contributed by atoms with Crippen LogP contribution in [0, 0.1) is 0 Å². The second-order valence-electron chi connectivity index (χ2n) is 3.84. The maximum absolute atomic E-state index is 5.38. The Hall–Kier alpha value is -1.26. The Labute approximate surface area is 95.9 Å². The van der Waals surface area contributed by atoms with Gasteiger partial charge in [0.2, 0.25) is 0 Å². The topological polar surface area (TPSA) is 42.5 Å². The van der Waals surface area contributed by atoms with Crippen LogP contribution >= 0.6 is 0 Å². The van der Waals surface area contributed by atoms with Crippen molar-refractivity contribution in [2.75, 3.05) is 38.7 Å². The third-order valence-electron chi connectivity index (χ3n) is 2.64. The largest absolute Gasteiger partial charge is 0.497 e. The van der Waals surface area contributed by atoms with Crippen LogP contribution in [0.4, 0.5) is 5.69 Å². The molecule has 1 aromatic rings. The van der Waals surface area contributed by atoms with Gasteiger partial charge in [-0.3, -0.25) is 0 Å². The lowest BCUT2D eigenvalue weighted by atomic mass is 10.2. The maximum atomic E-state index is 5.38. The molecule has 0 saturated carbocycles. The van der Waals surface area contributed by atoms with Crippen LogP contribution in [0.25, 0.3) is 0 Å². The van der Waals surface area contributed by atoms with Crippen LogP contribution in [-0.2, 0) is 4.74 Å². The first-order valence-corrected chi connectivity index (χ1v) is 5.57. The van der Waals surface area contributed by atoms with E-state index in [4.69, 9.17) is 9.47 Å². The highest BCUT2D eigenvalue weighted by Crippen LogP contribution is 2.14. The predicted molar refractivity (Wildman–Crippen MR) is 64.1 cm³/mol. The van der Waals surface area contributed by atoms with Gasteiger partial charge in [0.15, 0.2) is 0 Å². The van der Waals surface area contributed by atoms with Crippen LogP contribution in [0.2, 0.25) is 0 Å². The van der Waals surface area contributed by atoms with Crippen LogP contribution in [-0.4, -0.2) is 39.5 Å². The Kier molecular flexibility index (Phi) is 4.02. The van der Waals surface area contributed by atoms with Gasteiger partial charge in [0.05, 0.1) is 20.3 Å². The summed E-state index contributed by atoms with van der Waals surface area (Å²) in [5.74, 6) is 0.879. The number of ether oxygens (including phenoxy) is 2. The molecule has 1 atom stereocenters. The summed E-state index contributed by atoms with van der Waals surface area (Å²) in [6.45, 7) is 3.42. The number of nitrogens with one attached hydrogen (secondary N) is 2. The average molecular weight is 222 g/mol. The summed E-state index contributed by atoms with van der Waals surface area (Å²) in [5, 5.41) is 6.77. The zero-order chi connectivity index (χ0) is 11.2. The molecule has 4 heteroatoms. The second-order valence-corrected chi connectivity index (χ2v) is 3.84. The van der Waals surface area contributed by atoms with Crippen molar-refractivity contribution in [1.29, 1.82) is 0 Å². The van der Waals surface area contributed by atoms with Gasteiger partial charge in [0.25, 0.3) is 0 Å². The van der Waals surface area contributed by atoms with Gasteiger partial charge >= 0.3 is 0 Å². The van der Waals surface area contributed by atoms with Gasteiger partial charge in [0.1, 0.15) is 5.75 Å². The van der Waals surface area contributed by atoms with Crippen molar-refractivity contribution >= 4 is 5.69 Å². The Morgan fingerprint density at radius 3 is 2.88 bits per heavy atom. The number of methoxy groups -OCH3 is 1. The van der Waals surface area contributed by atoms with Crippen molar-refractivity contribution in [2.45, 2.75) is 6.04 Å². The molecule has 0 radical (unpaired) electrons. The summed E-state index contributed by atoms with van der Waals surface area (Å²) in [4.78, 5) is 0. The Bertz CT molecular complexity index is 307. The molecule has 0 bridgehead atoms. The molecule has 16 heavy (non-hydrogen) atoms. The smallest absolute Gasteiger partial charge is 0.119 e. The minimum atomic E-state index is 0.399. The molecule has 1 heterocycles. The molecule has 1 saturated heterocycles. The minimum absolute atomic E-state index is 0.399. The van der Waals surface area contributed by atoms with Crippen molar-refractivity contribution in [1.82, 2.24) is 5.32 Å². The molecule has 0 aromatic heterocycles. The zero-order valence-corrected chi connectivity index (χ0v) is 9.53. The van der Waals surface area contributed by atoms with Crippen LogP contribution in [0.5, 0.6) is 5.75 Å². The molecule has 2 N–H and O–H groups in total. The number of morpholine rings is 1. The maximum Gasteiger partial charge on any atom is 0.119 e. The molecule has 1 fully saturated rings. The van der Waals surface area contributed by atoms with E-state index in [1.807, 2.05) is 24.3 Å². The monoisotopic (exact) mass is 222 g/mol. The highest BCUT2D eigenvalue weighted by molar-refractivity contribution is 5.46. The first-order valence-electron chi connectivity index (χ1n) is 5.57. The summed E-state index contributed by atoms with van der Waals surface area (Å²) in [7, 11) is 1.67. The second kappa shape index (κ2) is 5.72. The third kappa shape index (κ3) is 3.12. The van der Waals surface area contributed by atoms with Crippen molar-refractivity contribution in [3.8, 4) is 5.75 Å². The fraction of sp³-hybridized carbons (Fsp3) is 0.500. The van der Waals surface area contributed by atoms with Crippen molar-refractivity contribution < 1.29 is 9.47 Å². The lowest BCUT2D eigenvalue weighted by molar-refractivity contribution is 0.0806. The van der Waals surface area contributed by atoms with Crippen LogP contribution < -0.4 is 15.4 Å². The molecular weight excluding hydrogens is 204 g/mol. The van der Waals surface area contributed by atoms with Gasteiger partial charge in [-0.15, -0.1) is 0 Å².